The van der Waals surface area contributed by atoms with Crippen LogP contribution in [0.4, 0.5) is 4.39 Å². The summed E-state index contributed by atoms with van der Waals surface area (Å²) in [7, 11) is 1.44. The summed E-state index contributed by atoms with van der Waals surface area (Å²) in [6.07, 6.45) is 0.598. The van der Waals surface area contributed by atoms with E-state index in [-0.39, 0.29) is 17.6 Å². The fraction of sp³-hybridized carbons (Fsp3) is 0.500. The number of rotatable bonds is 6. The van der Waals surface area contributed by atoms with Crippen molar-refractivity contribution in [2.45, 2.75) is 19.4 Å². The van der Waals surface area contributed by atoms with E-state index < -0.39 is 0 Å². The average molecular weight is 227 g/mol. The molecule has 0 radical (unpaired) electrons. The van der Waals surface area contributed by atoms with Crippen molar-refractivity contribution in [3.8, 4) is 5.75 Å². The first-order chi connectivity index (χ1) is 7.67. The molecule has 0 aliphatic carbocycles. The quantitative estimate of drug-likeness (QED) is 0.805. The monoisotopic (exact) mass is 227 g/mol. The molecule has 0 saturated heterocycles. The van der Waals surface area contributed by atoms with E-state index in [1.807, 2.05) is 13.0 Å². The molecule has 0 aliphatic rings. The van der Waals surface area contributed by atoms with E-state index in [0.717, 1.165) is 5.56 Å². The maximum absolute atomic E-state index is 13.4. The molecule has 2 N–H and O–H groups in total. The maximum atomic E-state index is 13.4. The molecule has 1 aromatic carbocycles. The number of halogens is 1. The highest BCUT2D eigenvalue weighted by Gasteiger charge is 2.07. The Balaban J connectivity index is 2.57. The van der Waals surface area contributed by atoms with E-state index in [2.05, 4.69) is 0 Å². The van der Waals surface area contributed by atoms with Gasteiger partial charge in [0.1, 0.15) is 0 Å². The summed E-state index contributed by atoms with van der Waals surface area (Å²) in [5.41, 5.74) is 6.69. The predicted molar refractivity (Wildman–Crippen MR) is 61.1 cm³/mol. The Morgan fingerprint density at radius 2 is 2.19 bits per heavy atom. The van der Waals surface area contributed by atoms with E-state index in [1.54, 1.807) is 6.07 Å². The van der Waals surface area contributed by atoms with Gasteiger partial charge in [-0.1, -0.05) is 6.07 Å². The van der Waals surface area contributed by atoms with Crippen molar-refractivity contribution in [1.82, 2.24) is 0 Å². The lowest BCUT2D eigenvalue weighted by atomic mass is 10.1. The Hall–Kier alpha value is -1.13. The Morgan fingerprint density at radius 3 is 2.75 bits per heavy atom. The summed E-state index contributed by atoms with van der Waals surface area (Å²) >= 11 is 0. The average Bonchev–Trinajstić information content (AvgIpc) is 2.26. The van der Waals surface area contributed by atoms with Crippen LogP contribution in [0.3, 0.4) is 0 Å². The van der Waals surface area contributed by atoms with Crippen molar-refractivity contribution in [1.29, 1.82) is 0 Å². The molecule has 3 nitrogen and oxygen atoms in total. The van der Waals surface area contributed by atoms with E-state index in [4.69, 9.17) is 15.2 Å². The van der Waals surface area contributed by atoms with Gasteiger partial charge in [-0.15, -0.1) is 0 Å². The van der Waals surface area contributed by atoms with Crippen molar-refractivity contribution in [2.24, 2.45) is 5.73 Å². The highest BCUT2D eigenvalue weighted by Crippen LogP contribution is 2.18. The minimum absolute atomic E-state index is 0.104. The molecule has 16 heavy (non-hydrogen) atoms. The standard InChI is InChI=1S/C12H18FNO2/c1-3-16-8-10(14)6-9-4-5-12(15-2)11(13)7-9/h4-5,7,10H,3,6,8,14H2,1-2H3. The van der Waals surface area contributed by atoms with Crippen LogP contribution in [0, 0.1) is 5.82 Å². The van der Waals surface area contributed by atoms with Gasteiger partial charge in [0.15, 0.2) is 11.6 Å². The summed E-state index contributed by atoms with van der Waals surface area (Å²) < 4.78 is 23.4. The van der Waals surface area contributed by atoms with Crippen molar-refractivity contribution >= 4 is 0 Å². The SMILES string of the molecule is CCOCC(N)Cc1ccc(OC)c(F)c1. The Morgan fingerprint density at radius 1 is 1.44 bits per heavy atom. The normalized spacial score (nSPS) is 12.5. The molecule has 90 valence electrons. The molecule has 1 atom stereocenters. The summed E-state index contributed by atoms with van der Waals surface area (Å²) in [6, 6.07) is 4.77. The predicted octanol–water partition coefficient (Wildman–Crippen LogP) is 1.74. The van der Waals surface area contributed by atoms with Crippen LogP contribution < -0.4 is 10.5 Å². The van der Waals surface area contributed by atoms with Gasteiger partial charge in [-0.25, -0.2) is 4.39 Å². The molecule has 1 aromatic rings. The molecular formula is C12H18FNO2. The van der Waals surface area contributed by atoms with Crippen LogP contribution in [-0.2, 0) is 11.2 Å². The van der Waals surface area contributed by atoms with Crippen LogP contribution in [0.2, 0.25) is 0 Å². The Kier molecular flexibility index (Phi) is 5.22. The third-order valence-corrected chi connectivity index (χ3v) is 2.25. The van der Waals surface area contributed by atoms with Crippen LogP contribution in [0.5, 0.6) is 5.75 Å². The van der Waals surface area contributed by atoms with Gasteiger partial charge in [-0.05, 0) is 31.0 Å². The van der Waals surface area contributed by atoms with E-state index in [1.165, 1.54) is 13.2 Å². The fourth-order valence-electron chi connectivity index (χ4n) is 1.47. The number of nitrogens with two attached hydrogens (primary N) is 1. The lowest BCUT2D eigenvalue weighted by molar-refractivity contribution is 0.133. The van der Waals surface area contributed by atoms with Crippen molar-refractivity contribution in [2.75, 3.05) is 20.3 Å². The molecule has 0 heterocycles. The number of methoxy groups -OCH3 is 1. The molecule has 0 spiro atoms. The third kappa shape index (κ3) is 3.79. The first-order valence-electron chi connectivity index (χ1n) is 5.33. The third-order valence-electron chi connectivity index (χ3n) is 2.25. The smallest absolute Gasteiger partial charge is 0.165 e. The van der Waals surface area contributed by atoms with Gasteiger partial charge in [0, 0.05) is 12.6 Å². The van der Waals surface area contributed by atoms with Crippen LogP contribution in [0.25, 0.3) is 0 Å². The highest BCUT2D eigenvalue weighted by molar-refractivity contribution is 5.29. The van der Waals surface area contributed by atoms with Crippen LogP contribution >= 0.6 is 0 Å². The Bertz CT molecular complexity index is 331. The Labute approximate surface area is 95.4 Å². The van der Waals surface area contributed by atoms with Gasteiger partial charge in [0.25, 0.3) is 0 Å². The molecular weight excluding hydrogens is 209 g/mol. The maximum Gasteiger partial charge on any atom is 0.165 e. The summed E-state index contributed by atoms with van der Waals surface area (Å²) in [5, 5.41) is 0. The lowest BCUT2D eigenvalue weighted by Gasteiger charge is -2.12. The minimum Gasteiger partial charge on any atom is -0.494 e. The molecule has 4 heteroatoms. The zero-order valence-corrected chi connectivity index (χ0v) is 9.70. The summed E-state index contributed by atoms with van der Waals surface area (Å²) in [4.78, 5) is 0. The second-order valence-electron chi connectivity index (χ2n) is 3.59. The zero-order valence-electron chi connectivity index (χ0n) is 9.70. The number of benzene rings is 1. The van der Waals surface area contributed by atoms with Gasteiger partial charge in [-0.3, -0.25) is 0 Å². The van der Waals surface area contributed by atoms with Gasteiger partial charge >= 0.3 is 0 Å². The molecule has 0 fully saturated rings. The molecule has 1 unspecified atom stereocenters. The van der Waals surface area contributed by atoms with Gasteiger partial charge in [-0.2, -0.15) is 0 Å². The van der Waals surface area contributed by atoms with Crippen LogP contribution in [0.1, 0.15) is 12.5 Å². The second kappa shape index (κ2) is 6.45. The molecule has 0 amide bonds. The van der Waals surface area contributed by atoms with E-state index >= 15 is 0 Å². The molecule has 0 aromatic heterocycles. The van der Waals surface area contributed by atoms with Crippen LogP contribution in [-0.4, -0.2) is 26.4 Å². The van der Waals surface area contributed by atoms with Crippen molar-refractivity contribution < 1.29 is 13.9 Å². The first kappa shape index (κ1) is 12.9. The number of hydrogen-bond acceptors (Lipinski definition) is 3. The minimum atomic E-state index is -0.358. The number of ether oxygens (including phenoxy) is 2. The summed E-state index contributed by atoms with van der Waals surface area (Å²) in [5.74, 6) is -0.106. The molecule has 0 saturated carbocycles. The molecule has 1 rings (SSSR count). The molecule has 0 bridgehead atoms. The lowest BCUT2D eigenvalue weighted by Crippen LogP contribution is -2.28. The second-order valence-corrected chi connectivity index (χ2v) is 3.59. The summed E-state index contributed by atoms with van der Waals surface area (Å²) in [6.45, 7) is 3.05. The zero-order chi connectivity index (χ0) is 12.0. The number of hydrogen-bond donors (Lipinski definition) is 1. The first-order valence-corrected chi connectivity index (χ1v) is 5.33. The van der Waals surface area contributed by atoms with Gasteiger partial charge < -0.3 is 15.2 Å². The van der Waals surface area contributed by atoms with Crippen molar-refractivity contribution in [3.63, 3.8) is 0 Å². The van der Waals surface area contributed by atoms with Crippen molar-refractivity contribution in [3.05, 3.63) is 29.6 Å². The van der Waals surface area contributed by atoms with Crippen LogP contribution in [0.15, 0.2) is 18.2 Å². The topological polar surface area (TPSA) is 44.5 Å². The van der Waals surface area contributed by atoms with E-state index in [9.17, 15) is 4.39 Å². The largest absolute Gasteiger partial charge is 0.494 e. The van der Waals surface area contributed by atoms with Gasteiger partial charge in [0.05, 0.1) is 13.7 Å². The highest BCUT2D eigenvalue weighted by atomic mass is 19.1. The van der Waals surface area contributed by atoms with E-state index in [0.29, 0.717) is 19.6 Å². The molecule has 0 aliphatic heterocycles. The van der Waals surface area contributed by atoms with Gasteiger partial charge in [0.2, 0.25) is 0 Å². The fourth-order valence-corrected chi connectivity index (χ4v) is 1.47.